The molecule has 0 radical (unpaired) electrons. The van der Waals surface area contributed by atoms with Gasteiger partial charge in [-0.15, -0.1) is 0 Å². The smallest absolute Gasteiger partial charge is 0.341 e. The number of pyridine rings is 1. The Hall–Kier alpha value is -3.97. The van der Waals surface area contributed by atoms with Crippen molar-refractivity contribution in [2.75, 3.05) is 20.8 Å². The second kappa shape index (κ2) is 10.8. The van der Waals surface area contributed by atoms with Gasteiger partial charge in [0.2, 0.25) is 0 Å². The quantitative estimate of drug-likeness (QED) is 0.307. The van der Waals surface area contributed by atoms with Gasteiger partial charge in [-0.3, -0.25) is 4.21 Å². The lowest BCUT2D eigenvalue weighted by atomic mass is 10.2. The van der Waals surface area contributed by atoms with Gasteiger partial charge >= 0.3 is 5.97 Å². The number of carboxylic acids is 1. The zero-order valence-corrected chi connectivity index (χ0v) is 22.6. The van der Waals surface area contributed by atoms with Gasteiger partial charge in [0, 0.05) is 23.4 Å². The monoisotopic (exact) mass is 559 g/mol. The first-order chi connectivity index (χ1) is 18.1. The Labute approximate surface area is 221 Å². The lowest BCUT2D eigenvalue weighted by molar-refractivity contribution is -0.139. The van der Waals surface area contributed by atoms with E-state index in [9.17, 15) is 17.4 Å². The number of carbonyl (C=O) groups is 1. The van der Waals surface area contributed by atoms with Crippen molar-refractivity contribution in [2.24, 2.45) is 0 Å². The molecule has 0 aliphatic carbocycles. The normalized spacial score (nSPS) is 12.3. The Kier molecular flexibility index (Phi) is 7.69. The first-order valence-electron chi connectivity index (χ1n) is 11.2. The lowest BCUT2D eigenvalue weighted by Gasteiger charge is -2.13. The van der Waals surface area contributed by atoms with Crippen molar-refractivity contribution in [1.29, 1.82) is 0 Å². The van der Waals surface area contributed by atoms with Gasteiger partial charge in [0.1, 0.15) is 28.1 Å². The van der Waals surface area contributed by atoms with Crippen LogP contribution in [0.4, 0.5) is 0 Å². The Morgan fingerprint density at radius 3 is 2.37 bits per heavy atom. The van der Waals surface area contributed by atoms with E-state index < -0.39 is 33.4 Å². The number of aromatic nitrogens is 3. The number of aryl methyl sites for hydroxylation is 1. The van der Waals surface area contributed by atoms with Crippen LogP contribution in [0.5, 0.6) is 17.2 Å². The van der Waals surface area contributed by atoms with Crippen molar-refractivity contribution in [2.45, 2.75) is 29.5 Å². The van der Waals surface area contributed by atoms with Crippen molar-refractivity contribution in [3.05, 3.63) is 65.6 Å². The molecule has 0 saturated heterocycles. The number of fused-ring (bicyclic) bond motifs is 1. The van der Waals surface area contributed by atoms with Gasteiger partial charge in [-0.05, 0) is 50.2 Å². The highest BCUT2D eigenvalue weighted by molar-refractivity contribution is 7.90. The lowest BCUT2D eigenvalue weighted by Crippen LogP contribution is -2.18. The number of hydrogen-bond donors (Lipinski definition) is 1. The molecule has 0 spiro atoms. The highest BCUT2D eigenvalue weighted by atomic mass is 32.2. The Morgan fingerprint density at radius 1 is 1.05 bits per heavy atom. The van der Waals surface area contributed by atoms with E-state index in [1.54, 1.807) is 31.3 Å². The summed E-state index contributed by atoms with van der Waals surface area (Å²) in [7, 11) is -2.98. The van der Waals surface area contributed by atoms with Gasteiger partial charge in [-0.1, -0.05) is 0 Å². The number of hydrogen-bond acceptors (Lipinski definition) is 9. The van der Waals surface area contributed by atoms with Crippen molar-refractivity contribution >= 4 is 37.8 Å². The minimum Gasteiger partial charge on any atom is -0.497 e. The molecule has 1 unspecified atom stereocenters. The summed E-state index contributed by atoms with van der Waals surface area (Å²) in [6.07, 6.45) is 1.55. The van der Waals surface area contributed by atoms with Gasteiger partial charge in [-0.2, -0.15) is 0 Å². The number of benzene rings is 2. The summed E-state index contributed by atoms with van der Waals surface area (Å²) in [6.45, 7) is 3.00. The van der Waals surface area contributed by atoms with E-state index in [0.717, 1.165) is 9.54 Å². The molecule has 0 aliphatic rings. The molecule has 0 fully saturated rings. The minimum atomic E-state index is -4.22. The topological polar surface area (TPSA) is 147 Å². The van der Waals surface area contributed by atoms with Gasteiger partial charge in [-0.25, -0.2) is 27.2 Å². The highest BCUT2D eigenvalue weighted by Crippen LogP contribution is 2.30. The fourth-order valence-electron chi connectivity index (χ4n) is 3.97. The molecular formula is C25H25N3O8S2. The number of rotatable bonds is 10. The van der Waals surface area contributed by atoms with Crippen LogP contribution in [0.2, 0.25) is 0 Å². The predicted molar refractivity (Wildman–Crippen MR) is 139 cm³/mol. The predicted octanol–water partition coefficient (Wildman–Crippen LogP) is 3.07. The molecule has 4 aromatic rings. The number of imidazole rings is 1. The average Bonchev–Trinajstić information content (AvgIpc) is 3.25. The van der Waals surface area contributed by atoms with E-state index >= 15 is 0 Å². The molecule has 200 valence electrons. The molecule has 1 N–H and O–H groups in total. The molecule has 0 bridgehead atoms. The molecule has 11 nitrogen and oxygen atoms in total. The van der Waals surface area contributed by atoms with Crippen molar-refractivity contribution in [1.82, 2.24) is 13.9 Å². The van der Waals surface area contributed by atoms with Gasteiger partial charge in [0.25, 0.3) is 10.0 Å². The van der Waals surface area contributed by atoms with Crippen LogP contribution in [0.1, 0.15) is 17.0 Å². The Morgan fingerprint density at radius 2 is 1.74 bits per heavy atom. The SMILES string of the molecule is COc1ccc2c(c1)nc(CS(=O)c1ncc(C)c(OC)c1C)n2S(=O)(=O)c1ccc(OCC(=O)O)cc1. The molecular weight excluding hydrogens is 534 g/mol. The molecule has 38 heavy (non-hydrogen) atoms. The molecule has 2 aromatic carbocycles. The van der Waals surface area contributed by atoms with E-state index in [1.807, 2.05) is 6.92 Å². The van der Waals surface area contributed by atoms with Crippen LogP contribution in [0.15, 0.2) is 58.6 Å². The van der Waals surface area contributed by atoms with E-state index in [-0.39, 0.29) is 32.8 Å². The molecule has 1 atom stereocenters. The molecule has 0 amide bonds. The Bertz CT molecular complexity index is 1650. The third kappa shape index (κ3) is 5.20. The summed E-state index contributed by atoms with van der Waals surface area (Å²) in [5.74, 6) is -0.125. The number of ether oxygens (including phenoxy) is 3. The molecule has 13 heteroatoms. The van der Waals surface area contributed by atoms with Gasteiger partial charge < -0.3 is 19.3 Å². The zero-order chi connectivity index (χ0) is 27.6. The fourth-order valence-corrected chi connectivity index (χ4v) is 6.70. The molecule has 0 saturated carbocycles. The van der Waals surface area contributed by atoms with Crippen LogP contribution in [-0.2, 0) is 31.4 Å². The first-order valence-corrected chi connectivity index (χ1v) is 14.0. The summed E-state index contributed by atoms with van der Waals surface area (Å²) in [4.78, 5) is 19.5. The Balaban J connectivity index is 1.80. The maximum Gasteiger partial charge on any atom is 0.341 e. The van der Waals surface area contributed by atoms with Crippen LogP contribution in [0, 0.1) is 13.8 Å². The van der Waals surface area contributed by atoms with Crippen molar-refractivity contribution in [3.63, 3.8) is 0 Å². The van der Waals surface area contributed by atoms with Crippen LogP contribution in [0.25, 0.3) is 11.0 Å². The van der Waals surface area contributed by atoms with Crippen LogP contribution < -0.4 is 14.2 Å². The summed E-state index contributed by atoms with van der Waals surface area (Å²) in [5, 5.41) is 9.05. The van der Waals surface area contributed by atoms with Crippen LogP contribution in [0.3, 0.4) is 0 Å². The minimum absolute atomic E-state index is 0.0403. The molecule has 0 aliphatic heterocycles. The third-order valence-corrected chi connectivity index (χ3v) is 8.80. The molecule has 4 rings (SSSR count). The number of nitrogens with zero attached hydrogens (tertiary/aromatic N) is 3. The summed E-state index contributed by atoms with van der Waals surface area (Å²) in [5.41, 5.74) is 1.99. The second-order valence-corrected chi connectivity index (χ2v) is 11.4. The highest BCUT2D eigenvalue weighted by Gasteiger charge is 2.27. The van der Waals surface area contributed by atoms with Gasteiger partial charge in [0.15, 0.2) is 6.61 Å². The number of methoxy groups -OCH3 is 2. The molecule has 2 aromatic heterocycles. The number of aliphatic carboxylic acids is 1. The number of carboxylic acid groups (broad SMARTS) is 1. The summed E-state index contributed by atoms with van der Waals surface area (Å²) >= 11 is 0. The maximum atomic E-state index is 13.8. The second-order valence-electron chi connectivity index (χ2n) is 8.20. The van der Waals surface area contributed by atoms with E-state index in [2.05, 4.69) is 9.97 Å². The maximum absolute atomic E-state index is 13.8. The average molecular weight is 560 g/mol. The van der Waals surface area contributed by atoms with Crippen molar-refractivity contribution in [3.8, 4) is 17.2 Å². The van der Waals surface area contributed by atoms with Crippen LogP contribution >= 0.6 is 0 Å². The standard InChI is InChI=1S/C25H25N3O8S2/c1-15-12-26-25(16(2)24(15)35-4)37(31)14-22-27-20-11-18(34-3)7-10-21(20)28(22)38(32,33)19-8-5-17(6-9-19)36-13-23(29)30/h5-12H,13-14H2,1-4H3,(H,29,30). The van der Waals surface area contributed by atoms with E-state index in [0.29, 0.717) is 22.6 Å². The third-order valence-electron chi connectivity index (χ3n) is 5.68. The zero-order valence-electron chi connectivity index (χ0n) is 21.0. The molecule has 2 heterocycles. The van der Waals surface area contributed by atoms with Crippen LogP contribution in [-0.4, -0.2) is 58.5 Å². The van der Waals surface area contributed by atoms with Crippen molar-refractivity contribution < 1.29 is 36.7 Å². The summed E-state index contributed by atoms with van der Waals surface area (Å²) < 4.78 is 57.9. The van der Waals surface area contributed by atoms with E-state index in [4.69, 9.17) is 19.3 Å². The first kappa shape index (κ1) is 27.1. The van der Waals surface area contributed by atoms with Gasteiger partial charge in [0.05, 0.1) is 46.7 Å². The van der Waals surface area contributed by atoms with E-state index in [1.165, 1.54) is 38.5 Å². The largest absolute Gasteiger partial charge is 0.497 e. The fraction of sp³-hybridized carbons (Fsp3) is 0.240. The summed E-state index contributed by atoms with van der Waals surface area (Å²) in [6, 6.07) is 10.1.